The molecule has 0 aliphatic heterocycles. The van der Waals surface area contributed by atoms with Crippen LogP contribution >= 0.6 is 23.4 Å². The molecule has 1 N–H and O–H groups in total. The van der Waals surface area contributed by atoms with E-state index in [1.165, 1.54) is 30.0 Å². The zero-order chi connectivity index (χ0) is 19.4. The molecule has 0 radical (unpaired) electrons. The molecule has 0 aromatic heterocycles. The summed E-state index contributed by atoms with van der Waals surface area (Å²) >= 11 is 7.06. The maximum Gasteiger partial charge on any atom is 0.283 e. The minimum atomic E-state index is -1.37. The van der Waals surface area contributed by atoms with Gasteiger partial charge in [-0.25, -0.2) is 0 Å². The second kappa shape index (κ2) is 8.35. The highest BCUT2D eigenvalue weighted by atomic mass is 35.5. The van der Waals surface area contributed by atoms with E-state index in [2.05, 4.69) is 0 Å². The van der Waals surface area contributed by atoms with Gasteiger partial charge < -0.3 is 5.11 Å². The second-order valence-electron chi connectivity index (χ2n) is 5.67. The average molecular weight is 400 g/mol. The van der Waals surface area contributed by atoms with Crippen molar-refractivity contribution in [2.45, 2.75) is 15.9 Å². The van der Waals surface area contributed by atoms with Gasteiger partial charge in [-0.15, -0.1) is 0 Å². The lowest BCUT2D eigenvalue weighted by Gasteiger charge is -2.11. The van der Waals surface area contributed by atoms with Crippen LogP contribution in [0.1, 0.15) is 22.0 Å². The van der Waals surface area contributed by atoms with E-state index in [1.807, 2.05) is 0 Å². The molecule has 3 aromatic rings. The number of carbonyl (C=O) groups excluding carboxylic acids is 1. The predicted octanol–water partition coefficient (Wildman–Crippen LogP) is 5.32. The highest BCUT2D eigenvalue weighted by Gasteiger charge is 2.23. The van der Waals surface area contributed by atoms with Gasteiger partial charge in [0.25, 0.3) is 5.69 Å². The fourth-order valence-electron chi connectivity index (χ4n) is 2.47. The molecular weight excluding hydrogens is 386 g/mol. The molecule has 0 amide bonds. The number of rotatable bonds is 6. The molecule has 1 unspecified atom stereocenters. The molecular formula is C20H14ClNO4S. The van der Waals surface area contributed by atoms with Crippen LogP contribution in [0, 0.1) is 10.1 Å². The van der Waals surface area contributed by atoms with Crippen LogP contribution in [0.5, 0.6) is 0 Å². The molecule has 5 nitrogen and oxygen atoms in total. The number of hydrogen-bond acceptors (Lipinski definition) is 5. The van der Waals surface area contributed by atoms with E-state index in [1.54, 1.807) is 54.6 Å². The molecule has 136 valence electrons. The first-order valence-electron chi connectivity index (χ1n) is 7.95. The van der Waals surface area contributed by atoms with Crippen LogP contribution < -0.4 is 0 Å². The number of halogens is 1. The molecule has 27 heavy (non-hydrogen) atoms. The van der Waals surface area contributed by atoms with Gasteiger partial charge in [-0.1, -0.05) is 53.7 Å². The number of benzene rings is 3. The fourth-order valence-corrected chi connectivity index (χ4v) is 3.50. The highest BCUT2D eigenvalue weighted by molar-refractivity contribution is 7.99. The summed E-state index contributed by atoms with van der Waals surface area (Å²) in [4.78, 5) is 24.7. The van der Waals surface area contributed by atoms with Crippen molar-refractivity contribution in [2.75, 3.05) is 0 Å². The van der Waals surface area contributed by atoms with E-state index >= 15 is 0 Å². The minimum Gasteiger partial charge on any atom is -0.380 e. The smallest absolute Gasteiger partial charge is 0.283 e. The molecule has 0 spiro atoms. The van der Waals surface area contributed by atoms with Gasteiger partial charge in [-0.3, -0.25) is 14.9 Å². The molecule has 0 aliphatic rings. The van der Waals surface area contributed by atoms with Gasteiger partial charge in [0.1, 0.15) is 6.10 Å². The molecule has 0 saturated carbocycles. The Bertz CT molecular complexity index is 977. The van der Waals surface area contributed by atoms with Crippen LogP contribution in [-0.2, 0) is 0 Å². The first-order valence-corrected chi connectivity index (χ1v) is 9.14. The van der Waals surface area contributed by atoms with Crippen molar-refractivity contribution < 1.29 is 14.8 Å². The lowest BCUT2D eigenvalue weighted by molar-refractivity contribution is -0.387. The van der Waals surface area contributed by atoms with Gasteiger partial charge >= 0.3 is 0 Å². The van der Waals surface area contributed by atoms with Gasteiger partial charge in [-0.2, -0.15) is 0 Å². The monoisotopic (exact) mass is 399 g/mol. The van der Waals surface area contributed by atoms with Crippen molar-refractivity contribution in [3.8, 4) is 0 Å². The van der Waals surface area contributed by atoms with Crippen LogP contribution in [-0.4, -0.2) is 15.8 Å². The lowest BCUT2D eigenvalue weighted by Crippen LogP contribution is -2.12. The summed E-state index contributed by atoms with van der Waals surface area (Å²) in [5.41, 5.74) is 0.323. The Balaban J connectivity index is 1.90. The summed E-state index contributed by atoms with van der Waals surface area (Å²) in [7, 11) is 0. The molecule has 7 heteroatoms. The number of Topliss-reactive ketones (excluding diaryl/α,β-unsaturated/α-hetero) is 1. The van der Waals surface area contributed by atoms with Gasteiger partial charge in [-0.05, 0) is 42.0 Å². The topological polar surface area (TPSA) is 80.4 Å². The molecule has 0 fully saturated rings. The standard InChI is InChI=1S/C20H14ClNO4S/c21-15-7-9-16(10-8-15)27-18-11-6-14(12-17(18)22(25)26)20(24)19(23)13-4-2-1-3-5-13/h1-12,19,23H. The molecule has 3 aromatic carbocycles. The van der Waals surface area contributed by atoms with E-state index in [-0.39, 0.29) is 11.3 Å². The maximum atomic E-state index is 12.5. The van der Waals surface area contributed by atoms with Crippen molar-refractivity contribution in [1.29, 1.82) is 0 Å². The SMILES string of the molecule is O=C(c1ccc(Sc2ccc(Cl)cc2)c([N+](=O)[O-])c1)C(O)c1ccccc1. The zero-order valence-electron chi connectivity index (χ0n) is 13.9. The molecule has 0 aliphatic carbocycles. The van der Waals surface area contributed by atoms with Crippen molar-refractivity contribution in [1.82, 2.24) is 0 Å². The van der Waals surface area contributed by atoms with E-state index in [0.717, 1.165) is 4.90 Å². The fraction of sp³-hybridized carbons (Fsp3) is 0.0500. The number of hydrogen-bond donors (Lipinski definition) is 1. The molecule has 1 atom stereocenters. The Labute approximate surface area is 164 Å². The number of ketones is 1. The van der Waals surface area contributed by atoms with Gasteiger partial charge in [0.2, 0.25) is 0 Å². The number of carbonyl (C=O) groups is 1. The molecule has 3 rings (SSSR count). The summed E-state index contributed by atoms with van der Waals surface area (Å²) in [5, 5.41) is 22.3. The first kappa shape index (κ1) is 19.1. The summed E-state index contributed by atoms with van der Waals surface area (Å²) < 4.78 is 0. The number of aliphatic hydroxyl groups excluding tert-OH is 1. The van der Waals surface area contributed by atoms with Crippen LogP contribution in [0.3, 0.4) is 0 Å². The largest absolute Gasteiger partial charge is 0.380 e. The minimum absolute atomic E-state index is 0.0820. The summed E-state index contributed by atoms with van der Waals surface area (Å²) in [6.07, 6.45) is -1.37. The summed E-state index contributed by atoms with van der Waals surface area (Å²) in [6, 6.07) is 19.6. The Hall–Kier alpha value is -2.67. The van der Waals surface area contributed by atoms with Crippen LogP contribution in [0.2, 0.25) is 5.02 Å². The van der Waals surface area contributed by atoms with Gasteiger partial charge in [0.15, 0.2) is 5.78 Å². The van der Waals surface area contributed by atoms with E-state index in [9.17, 15) is 20.0 Å². The zero-order valence-corrected chi connectivity index (χ0v) is 15.5. The Morgan fingerprint density at radius 1 is 1.04 bits per heavy atom. The van der Waals surface area contributed by atoms with Crippen LogP contribution in [0.25, 0.3) is 0 Å². The normalized spacial score (nSPS) is 11.8. The number of nitro groups is 1. The third kappa shape index (κ3) is 4.54. The summed E-state index contributed by atoms with van der Waals surface area (Å²) in [6.45, 7) is 0. The lowest BCUT2D eigenvalue weighted by atomic mass is 10.00. The average Bonchev–Trinajstić information content (AvgIpc) is 2.69. The number of aliphatic hydroxyl groups is 1. The molecule has 0 saturated heterocycles. The maximum absolute atomic E-state index is 12.5. The second-order valence-corrected chi connectivity index (χ2v) is 7.22. The van der Waals surface area contributed by atoms with Crippen LogP contribution in [0.4, 0.5) is 5.69 Å². The van der Waals surface area contributed by atoms with Gasteiger partial charge in [0.05, 0.1) is 9.82 Å². The summed E-state index contributed by atoms with van der Waals surface area (Å²) in [5.74, 6) is -0.590. The Morgan fingerprint density at radius 2 is 1.70 bits per heavy atom. The van der Waals surface area contributed by atoms with Crippen molar-refractivity contribution in [2.24, 2.45) is 0 Å². The quantitative estimate of drug-likeness (QED) is 0.345. The van der Waals surface area contributed by atoms with E-state index in [0.29, 0.717) is 15.5 Å². The predicted molar refractivity (Wildman–Crippen MR) is 104 cm³/mol. The highest BCUT2D eigenvalue weighted by Crippen LogP contribution is 2.36. The van der Waals surface area contributed by atoms with Crippen molar-refractivity contribution >= 4 is 34.8 Å². The van der Waals surface area contributed by atoms with E-state index in [4.69, 9.17) is 11.6 Å². The Kier molecular flexibility index (Phi) is 5.91. The van der Waals surface area contributed by atoms with E-state index < -0.39 is 16.8 Å². The van der Waals surface area contributed by atoms with Gasteiger partial charge in [0, 0.05) is 21.5 Å². The number of nitro benzene ring substituents is 1. The molecule has 0 heterocycles. The Morgan fingerprint density at radius 3 is 2.33 bits per heavy atom. The van der Waals surface area contributed by atoms with Crippen molar-refractivity contribution in [3.63, 3.8) is 0 Å². The molecule has 0 bridgehead atoms. The van der Waals surface area contributed by atoms with Crippen LogP contribution in [0.15, 0.2) is 82.6 Å². The third-order valence-corrected chi connectivity index (χ3v) is 5.17. The first-order chi connectivity index (χ1) is 13.0. The number of nitrogens with zero attached hydrogens (tertiary/aromatic N) is 1. The van der Waals surface area contributed by atoms with Crippen molar-refractivity contribution in [3.05, 3.63) is 99.1 Å². The third-order valence-electron chi connectivity index (χ3n) is 3.85.